The van der Waals surface area contributed by atoms with Crippen LogP contribution < -0.4 is 5.73 Å². The second-order valence-corrected chi connectivity index (χ2v) is 6.54. The van der Waals surface area contributed by atoms with E-state index in [2.05, 4.69) is 6.92 Å². The molecule has 3 nitrogen and oxygen atoms in total. The lowest BCUT2D eigenvalue weighted by Gasteiger charge is -2.29. The number of rotatable bonds is 4. The van der Waals surface area contributed by atoms with Gasteiger partial charge in [0.2, 0.25) is 0 Å². The van der Waals surface area contributed by atoms with E-state index >= 15 is 0 Å². The van der Waals surface area contributed by atoms with Crippen LogP contribution in [0.3, 0.4) is 0 Å². The van der Waals surface area contributed by atoms with Crippen molar-refractivity contribution in [3.63, 3.8) is 0 Å². The molecule has 0 aromatic heterocycles. The van der Waals surface area contributed by atoms with Crippen LogP contribution in [0.25, 0.3) is 0 Å². The first kappa shape index (κ1) is 12.0. The van der Waals surface area contributed by atoms with Crippen LogP contribution in [0, 0.1) is 11.8 Å². The van der Waals surface area contributed by atoms with Crippen LogP contribution in [-0.4, -0.2) is 26.5 Å². The molecule has 0 radical (unpaired) electrons. The molecule has 1 saturated heterocycles. The number of hydrogen-bond donors (Lipinski definition) is 1. The van der Waals surface area contributed by atoms with E-state index in [1.807, 2.05) is 0 Å². The van der Waals surface area contributed by atoms with E-state index in [0.717, 1.165) is 32.2 Å². The summed E-state index contributed by atoms with van der Waals surface area (Å²) in [5.41, 5.74) is 5.55. The standard InChI is InChI=1S/C10H21NO2S/c1-2-9(3-6-11)10-4-7-14(12,13)8-5-10/h9-10H,2-8,11H2,1H3. The van der Waals surface area contributed by atoms with Crippen molar-refractivity contribution in [2.24, 2.45) is 17.6 Å². The van der Waals surface area contributed by atoms with Crippen LogP contribution in [0.2, 0.25) is 0 Å². The van der Waals surface area contributed by atoms with E-state index in [9.17, 15) is 8.42 Å². The Morgan fingerprint density at radius 2 is 1.93 bits per heavy atom. The molecule has 1 fully saturated rings. The lowest BCUT2D eigenvalue weighted by Crippen LogP contribution is -2.29. The van der Waals surface area contributed by atoms with Gasteiger partial charge in [-0.2, -0.15) is 0 Å². The van der Waals surface area contributed by atoms with E-state index in [0.29, 0.717) is 23.3 Å². The van der Waals surface area contributed by atoms with E-state index in [-0.39, 0.29) is 0 Å². The molecule has 4 heteroatoms. The quantitative estimate of drug-likeness (QED) is 0.772. The summed E-state index contributed by atoms with van der Waals surface area (Å²) in [6.45, 7) is 2.89. The zero-order valence-electron chi connectivity index (χ0n) is 8.91. The maximum Gasteiger partial charge on any atom is 0.150 e. The number of hydrogen-bond acceptors (Lipinski definition) is 3. The van der Waals surface area contributed by atoms with Gasteiger partial charge in [0.1, 0.15) is 9.84 Å². The summed E-state index contributed by atoms with van der Waals surface area (Å²) in [6.07, 6.45) is 3.87. The largest absolute Gasteiger partial charge is 0.330 e. The van der Waals surface area contributed by atoms with Crippen molar-refractivity contribution in [1.82, 2.24) is 0 Å². The molecule has 2 N–H and O–H groups in total. The van der Waals surface area contributed by atoms with Crippen LogP contribution in [-0.2, 0) is 9.84 Å². The first-order valence-electron chi connectivity index (χ1n) is 5.49. The van der Waals surface area contributed by atoms with E-state index in [1.165, 1.54) is 0 Å². The van der Waals surface area contributed by atoms with Gasteiger partial charge in [0, 0.05) is 0 Å². The monoisotopic (exact) mass is 219 g/mol. The van der Waals surface area contributed by atoms with Gasteiger partial charge < -0.3 is 5.73 Å². The maximum atomic E-state index is 11.2. The van der Waals surface area contributed by atoms with Crippen LogP contribution in [0.1, 0.15) is 32.6 Å². The van der Waals surface area contributed by atoms with E-state index < -0.39 is 9.84 Å². The van der Waals surface area contributed by atoms with Crippen molar-refractivity contribution >= 4 is 9.84 Å². The third-order valence-corrected chi connectivity index (χ3v) is 5.04. The van der Waals surface area contributed by atoms with E-state index in [1.54, 1.807) is 0 Å². The zero-order valence-corrected chi connectivity index (χ0v) is 9.72. The lowest BCUT2D eigenvalue weighted by molar-refractivity contribution is 0.284. The molecule has 84 valence electrons. The van der Waals surface area contributed by atoms with Crippen LogP contribution in [0.15, 0.2) is 0 Å². The van der Waals surface area contributed by atoms with Gasteiger partial charge in [-0.1, -0.05) is 13.3 Å². The predicted molar refractivity (Wildman–Crippen MR) is 58.8 cm³/mol. The highest BCUT2D eigenvalue weighted by Gasteiger charge is 2.27. The van der Waals surface area contributed by atoms with Gasteiger partial charge in [-0.05, 0) is 37.6 Å². The molecule has 1 aliphatic rings. The SMILES string of the molecule is CCC(CCN)C1CCS(=O)(=O)CC1. The Morgan fingerprint density at radius 3 is 2.36 bits per heavy atom. The Labute approximate surface area is 87.0 Å². The zero-order chi connectivity index (χ0) is 10.6. The molecule has 1 rings (SSSR count). The molecule has 0 aromatic rings. The summed E-state index contributed by atoms with van der Waals surface area (Å²) in [6, 6.07) is 0. The second-order valence-electron chi connectivity index (χ2n) is 4.23. The second kappa shape index (κ2) is 5.12. The Bertz CT molecular complexity index is 247. The molecule has 0 aromatic carbocycles. The van der Waals surface area contributed by atoms with Crippen molar-refractivity contribution in [3.05, 3.63) is 0 Å². The smallest absolute Gasteiger partial charge is 0.150 e. The Hall–Kier alpha value is -0.0900. The van der Waals surface area contributed by atoms with Gasteiger partial charge in [-0.15, -0.1) is 0 Å². The fourth-order valence-corrected chi connectivity index (χ4v) is 3.89. The molecule has 0 bridgehead atoms. The predicted octanol–water partition coefficient (Wildman–Crippen LogP) is 1.19. The van der Waals surface area contributed by atoms with Crippen molar-refractivity contribution < 1.29 is 8.42 Å². The summed E-state index contributed by atoms with van der Waals surface area (Å²) < 4.78 is 22.5. The summed E-state index contributed by atoms with van der Waals surface area (Å²) >= 11 is 0. The van der Waals surface area contributed by atoms with Gasteiger partial charge in [0.25, 0.3) is 0 Å². The first-order chi connectivity index (χ1) is 6.59. The topological polar surface area (TPSA) is 60.2 Å². The molecule has 1 aliphatic heterocycles. The maximum absolute atomic E-state index is 11.2. The van der Waals surface area contributed by atoms with Crippen LogP contribution in [0.5, 0.6) is 0 Å². The average Bonchev–Trinajstić information content (AvgIpc) is 2.15. The van der Waals surface area contributed by atoms with Gasteiger partial charge in [-0.25, -0.2) is 8.42 Å². The molecule has 14 heavy (non-hydrogen) atoms. The normalized spacial score (nSPS) is 24.7. The lowest BCUT2D eigenvalue weighted by atomic mass is 9.83. The van der Waals surface area contributed by atoms with Crippen molar-refractivity contribution in [1.29, 1.82) is 0 Å². The van der Waals surface area contributed by atoms with Crippen LogP contribution in [0.4, 0.5) is 0 Å². The molecule has 0 amide bonds. The van der Waals surface area contributed by atoms with Gasteiger partial charge in [0.15, 0.2) is 0 Å². The highest BCUT2D eigenvalue weighted by atomic mass is 32.2. The average molecular weight is 219 g/mol. The van der Waals surface area contributed by atoms with Crippen molar-refractivity contribution in [2.45, 2.75) is 32.6 Å². The Kier molecular flexibility index (Phi) is 4.38. The molecular weight excluding hydrogens is 198 g/mol. The Morgan fingerprint density at radius 1 is 1.36 bits per heavy atom. The minimum atomic E-state index is -2.70. The third-order valence-electron chi connectivity index (χ3n) is 3.33. The molecule has 0 spiro atoms. The first-order valence-corrected chi connectivity index (χ1v) is 7.31. The molecule has 1 unspecified atom stereocenters. The molecule has 0 aliphatic carbocycles. The highest BCUT2D eigenvalue weighted by molar-refractivity contribution is 7.91. The summed E-state index contributed by atoms with van der Waals surface area (Å²) in [4.78, 5) is 0. The summed E-state index contributed by atoms with van der Waals surface area (Å²) in [5.74, 6) is 2.00. The summed E-state index contributed by atoms with van der Waals surface area (Å²) in [5, 5.41) is 0. The van der Waals surface area contributed by atoms with Crippen molar-refractivity contribution in [3.8, 4) is 0 Å². The van der Waals surface area contributed by atoms with Gasteiger partial charge in [0.05, 0.1) is 11.5 Å². The molecule has 1 heterocycles. The summed E-state index contributed by atoms with van der Waals surface area (Å²) in [7, 11) is -2.70. The molecule has 0 saturated carbocycles. The van der Waals surface area contributed by atoms with E-state index in [4.69, 9.17) is 5.73 Å². The molecular formula is C10H21NO2S. The number of nitrogens with two attached hydrogens (primary N) is 1. The minimum absolute atomic E-state index is 0.388. The highest BCUT2D eigenvalue weighted by Crippen LogP contribution is 2.30. The Balaban J connectivity index is 2.47. The molecule has 1 atom stereocenters. The number of sulfone groups is 1. The van der Waals surface area contributed by atoms with Crippen molar-refractivity contribution in [2.75, 3.05) is 18.1 Å². The fourth-order valence-electron chi connectivity index (χ4n) is 2.37. The minimum Gasteiger partial charge on any atom is -0.330 e. The van der Waals surface area contributed by atoms with Crippen LogP contribution >= 0.6 is 0 Å². The third kappa shape index (κ3) is 3.24. The fraction of sp³-hybridized carbons (Fsp3) is 1.00. The van der Waals surface area contributed by atoms with Gasteiger partial charge >= 0.3 is 0 Å². The van der Waals surface area contributed by atoms with Gasteiger partial charge in [-0.3, -0.25) is 0 Å².